The summed E-state index contributed by atoms with van der Waals surface area (Å²) >= 11 is 0. The van der Waals surface area contributed by atoms with Gasteiger partial charge in [-0.3, -0.25) is 0 Å². The second-order valence-electron chi connectivity index (χ2n) is 8.07. The van der Waals surface area contributed by atoms with Crippen molar-refractivity contribution in [1.82, 2.24) is 10.2 Å². The van der Waals surface area contributed by atoms with E-state index in [9.17, 15) is 4.79 Å². The lowest BCUT2D eigenvalue weighted by molar-refractivity contribution is 0.0287. The molecule has 0 radical (unpaired) electrons. The molecular formula is C19H38N2O2. The van der Waals surface area contributed by atoms with Crippen LogP contribution in [0.2, 0.25) is 0 Å². The molecule has 0 saturated carbocycles. The minimum Gasteiger partial charge on any atom is -0.444 e. The van der Waals surface area contributed by atoms with E-state index in [1.165, 1.54) is 32.1 Å². The number of rotatable bonds is 9. The van der Waals surface area contributed by atoms with Crippen LogP contribution >= 0.6 is 0 Å². The summed E-state index contributed by atoms with van der Waals surface area (Å²) in [6.07, 6.45) is 8.72. The predicted molar refractivity (Wildman–Crippen MR) is 96.8 cm³/mol. The van der Waals surface area contributed by atoms with E-state index in [4.69, 9.17) is 4.74 Å². The number of hydrogen-bond acceptors (Lipinski definition) is 3. The van der Waals surface area contributed by atoms with Gasteiger partial charge in [0.1, 0.15) is 5.60 Å². The maximum atomic E-state index is 12.0. The van der Waals surface area contributed by atoms with Crippen molar-refractivity contribution in [2.75, 3.05) is 19.6 Å². The van der Waals surface area contributed by atoms with Crippen molar-refractivity contribution in [3.05, 3.63) is 0 Å². The number of unbranched alkanes of at least 4 members (excludes halogenated alkanes) is 3. The Labute approximate surface area is 143 Å². The van der Waals surface area contributed by atoms with Gasteiger partial charge in [-0.15, -0.1) is 0 Å². The lowest BCUT2D eigenvalue weighted by Crippen LogP contribution is -2.35. The number of hydrogen-bond donors (Lipinski definition) is 1. The largest absolute Gasteiger partial charge is 0.444 e. The van der Waals surface area contributed by atoms with Crippen LogP contribution in [0.25, 0.3) is 0 Å². The average molecular weight is 327 g/mol. The minimum absolute atomic E-state index is 0.155. The highest BCUT2D eigenvalue weighted by atomic mass is 16.6. The Balaban J connectivity index is 2.12. The van der Waals surface area contributed by atoms with Crippen LogP contribution in [0.15, 0.2) is 0 Å². The van der Waals surface area contributed by atoms with Crippen LogP contribution < -0.4 is 5.32 Å². The lowest BCUT2D eigenvalue weighted by Gasteiger charge is -2.24. The Morgan fingerprint density at radius 2 is 2.04 bits per heavy atom. The summed E-state index contributed by atoms with van der Waals surface area (Å²) in [4.78, 5) is 13.9. The fourth-order valence-electron chi connectivity index (χ4n) is 3.07. The Kier molecular flexibility index (Phi) is 8.96. The zero-order valence-corrected chi connectivity index (χ0v) is 16.0. The number of carbonyl (C=O) groups is 1. The second-order valence-corrected chi connectivity index (χ2v) is 8.07. The van der Waals surface area contributed by atoms with E-state index in [0.717, 1.165) is 32.5 Å². The highest BCUT2D eigenvalue weighted by Gasteiger charge is 2.29. The van der Waals surface area contributed by atoms with Crippen LogP contribution in [-0.4, -0.2) is 42.3 Å². The molecule has 1 fully saturated rings. The summed E-state index contributed by atoms with van der Waals surface area (Å²) in [6, 6.07) is 0.607. The molecule has 4 nitrogen and oxygen atoms in total. The molecule has 1 heterocycles. The van der Waals surface area contributed by atoms with Crippen LogP contribution in [-0.2, 0) is 4.74 Å². The Bertz CT molecular complexity index is 339. The van der Waals surface area contributed by atoms with E-state index in [-0.39, 0.29) is 6.09 Å². The smallest absolute Gasteiger partial charge is 0.410 e. The molecule has 1 aliphatic heterocycles. The van der Waals surface area contributed by atoms with E-state index in [1.54, 1.807) is 0 Å². The van der Waals surface area contributed by atoms with E-state index in [2.05, 4.69) is 19.2 Å². The lowest BCUT2D eigenvalue weighted by atomic mass is 10.0. The van der Waals surface area contributed by atoms with Crippen molar-refractivity contribution in [3.63, 3.8) is 0 Å². The summed E-state index contributed by atoms with van der Waals surface area (Å²) in [6.45, 7) is 13.0. The maximum Gasteiger partial charge on any atom is 0.410 e. The van der Waals surface area contributed by atoms with Gasteiger partial charge >= 0.3 is 6.09 Å². The van der Waals surface area contributed by atoms with Crippen LogP contribution in [0.4, 0.5) is 4.79 Å². The molecule has 0 bridgehead atoms. The van der Waals surface area contributed by atoms with Crippen molar-refractivity contribution < 1.29 is 9.53 Å². The third-order valence-electron chi connectivity index (χ3n) is 4.47. The summed E-state index contributed by atoms with van der Waals surface area (Å²) in [5.74, 6) is 0.613. The molecule has 0 aromatic rings. The van der Waals surface area contributed by atoms with Crippen LogP contribution in [0, 0.1) is 5.92 Å². The third-order valence-corrected chi connectivity index (χ3v) is 4.47. The number of ether oxygens (including phenoxy) is 1. The number of nitrogens with one attached hydrogen (secondary N) is 1. The van der Waals surface area contributed by atoms with E-state index < -0.39 is 5.60 Å². The Hall–Kier alpha value is -0.770. The zero-order valence-electron chi connectivity index (χ0n) is 16.0. The van der Waals surface area contributed by atoms with Gasteiger partial charge in [-0.25, -0.2) is 4.79 Å². The number of amides is 1. The van der Waals surface area contributed by atoms with Gasteiger partial charge in [-0.2, -0.15) is 0 Å². The van der Waals surface area contributed by atoms with Gasteiger partial charge in [-0.1, -0.05) is 32.6 Å². The SMILES string of the molecule is CCCCCCC(C)NCCC1CCN(C(=O)OC(C)(C)C)C1. The van der Waals surface area contributed by atoms with E-state index >= 15 is 0 Å². The van der Waals surface area contributed by atoms with Crippen molar-refractivity contribution in [1.29, 1.82) is 0 Å². The average Bonchev–Trinajstić information content (AvgIpc) is 2.91. The second kappa shape index (κ2) is 10.2. The van der Waals surface area contributed by atoms with Crippen molar-refractivity contribution in [2.24, 2.45) is 5.92 Å². The molecule has 2 unspecified atom stereocenters. The fraction of sp³-hybridized carbons (Fsp3) is 0.947. The fourth-order valence-corrected chi connectivity index (χ4v) is 3.07. The van der Waals surface area contributed by atoms with Gasteiger partial charge in [0.2, 0.25) is 0 Å². The molecule has 0 aromatic heterocycles. The first-order valence-electron chi connectivity index (χ1n) is 9.53. The highest BCUT2D eigenvalue weighted by molar-refractivity contribution is 5.68. The van der Waals surface area contributed by atoms with E-state index in [1.807, 2.05) is 25.7 Å². The molecular weight excluding hydrogens is 288 g/mol. The molecule has 1 N–H and O–H groups in total. The topological polar surface area (TPSA) is 41.6 Å². The zero-order chi connectivity index (χ0) is 17.3. The third kappa shape index (κ3) is 9.19. The summed E-state index contributed by atoms with van der Waals surface area (Å²) in [5.41, 5.74) is -0.399. The van der Waals surface area contributed by atoms with Gasteiger partial charge in [0.25, 0.3) is 0 Å². The predicted octanol–water partition coefficient (Wildman–Crippen LogP) is 4.58. The van der Waals surface area contributed by atoms with Gasteiger partial charge in [0.05, 0.1) is 0 Å². The van der Waals surface area contributed by atoms with Gasteiger partial charge in [0, 0.05) is 19.1 Å². The van der Waals surface area contributed by atoms with E-state index in [0.29, 0.717) is 12.0 Å². The molecule has 2 atom stereocenters. The molecule has 1 saturated heterocycles. The summed E-state index contributed by atoms with van der Waals surface area (Å²) in [5, 5.41) is 3.63. The highest BCUT2D eigenvalue weighted by Crippen LogP contribution is 2.21. The normalized spacial score (nSPS) is 19.9. The first-order chi connectivity index (χ1) is 10.8. The molecule has 0 aliphatic carbocycles. The molecule has 0 spiro atoms. The molecule has 1 rings (SSSR count). The first-order valence-corrected chi connectivity index (χ1v) is 9.53. The number of carbonyl (C=O) groups excluding carboxylic acids is 1. The van der Waals surface area contributed by atoms with Crippen LogP contribution in [0.5, 0.6) is 0 Å². The van der Waals surface area contributed by atoms with Gasteiger partial charge in [-0.05, 0) is 59.4 Å². The van der Waals surface area contributed by atoms with Crippen molar-refractivity contribution in [3.8, 4) is 0 Å². The minimum atomic E-state index is -0.399. The summed E-state index contributed by atoms with van der Waals surface area (Å²) < 4.78 is 5.45. The maximum absolute atomic E-state index is 12.0. The van der Waals surface area contributed by atoms with Crippen molar-refractivity contribution >= 4 is 6.09 Å². The quantitative estimate of drug-likeness (QED) is 0.630. The number of likely N-dealkylation sites (tertiary alicyclic amines) is 1. The molecule has 1 amide bonds. The molecule has 0 aromatic carbocycles. The monoisotopic (exact) mass is 326 g/mol. The van der Waals surface area contributed by atoms with Gasteiger partial charge < -0.3 is 15.0 Å². The van der Waals surface area contributed by atoms with Crippen molar-refractivity contribution in [2.45, 2.75) is 91.2 Å². The molecule has 4 heteroatoms. The number of nitrogens with zero attached hydrogens (tertiary/aromatic N) is 1. The Morgan fingerprint density at radius 3 is 2.70 bits per heavy atom. The standard InChI is InChI=1S/C19H38N2O2/c1-6-7-8-9-10-16(2)20-13-11-17-12-14-21(15-17)18(22)23-19(3,4)5/h16-17,20H,6-15H2,1-5H3. The molecule has 136 valence electrons. The van der Waals surface area contributed by atoms with Gasteiger partial charge in [0.15, 0.2) is 0 Å². The first kappa shape index (κ1) is 20.3. The van der Waals surface area contributed by atoms with Crippen LogP contribution in [0.3, 0.4) is 0 Å². The molecule has 23 heavy (non-hydrogen) atoms. The Morgan fingerprint density at radius 1 is 1.30 bits per heavy atom. The summed E-state index contributed by atoms with van der Waals surface area (Å²) in [7, 11) is 0. The van der Waals surface area contributed by atoms with Crippen LogP contribution in [0.1, 0.15) is 79.6 Å². The molecule has 1 aliphatic rings.